The minimum absolute atomic E-state index is 0.0145. The number of hydrogen-bond donors (Lipinski definition) is 1. The van der Waals surface area contributed by atoms with Gasteiger partial charge in [-0.25, -0.2) is 4.68 Å². The summed E-state index contributed by atoms with van der Waals surface area (Å²) in [7, 11) is 0. The van der Waals surface area contributed by atoms with E-state index in [0.717, 1.165) is 24.2 Å². The number of aryl methyl sites for hydroxylation is 1. The number of benzene rings is 1. The first-order chi connectivity index (χ1) is 12.8. The van der Waals surface area contributed by atoms with E-state index in [1.165, 1.54) is 23.1 Å². The smallest absolute Gasteiger partial charge is 0.278 e. The molecule has 0 bridgehead atoms. The van der Waals surface area contributed by atoms with E-state index in [4.69, 9.17) is 0 Å². The van der Waals surface area contributed by atoms with Crippen LogP contribution in [-0.4, -0.2) is 21.6 Å². The minimum Gasteiger partial charge on any atom is -0.326 e. The van der Waals surface area contributed by atoms with Crippen molar-refractivity contribution in [3.05, 3.63) is 46.8 Å². The quantitative estimate of drug-likeness (QED) is 0.673. The molecule has 0 fully saturated rings. The Balaban J connectivity index is 2.11. The van der Waals surface area contributed by atoms with Crippen LogP contribution in [0.15, 0.2) is 24.3 Å². The predicted octanol–water partition coefficient (Wildman–Crippen LogP) is 4.91. The Morgan fingerprint density at radius 3 is 2.37 bits per heavy atom. The fourth-order valence-corrected chi connectivity index (χ4v) is 3.19. The Bertz CT molecular complexity index is 789. The Kier molecular flexibility index (Phi) is 7.34. The number of carbonyl (C=O) groups is 2. The molecule has 1 heterocycles. The standard InChI is InChI=1S/C22H31N3O2/c1-6-7-8-9-20-16(4)24-25(17(20)5)22(27)18-10-12-19(13-11-18)23-21(26)14-15(2)3/h10-13,15H,6-9,14H2,1-5H3,(H,23,26). The number of amides is 1. The molecule has 27 heavy (non-hydrogen) atoms. The van der Waals surface area contributed by atoms with E-state index in [1.807, 2.05) is 27.7 Å². The van der Waals surface area contributed by atoms with Gasteiger partial charge in [0.05, 0.1) is 5.69 Å². The van der Waals surface area contributed by atoms with Crippen molar-refractivity contribution in [3.63, 3.8) is 0 Å². The van der Waals surface area contributed by atoms with Gasteiger partial charge in [-0.1, -0.05) is 33.6 Å². The third-order valence-corrected chi connectivity index (χ3v) is 4.67. The highest BCUT2D eigenvalue weighted by atomic mass is 16.2. The highest BCUT2D eigenvalue weighted by molar-refractivity contribution is 5.97. The maximum Gasteiger partial charge on any atom is 0.278 e. The third-order valence-electron chi connectivity index (χ3n) is 4.67. The second kappa shape index (κ2) is 9.49. The van der Waals surface area contributed by atoms with Crippen LogP contribution >= 0.6 is 0 Å². The van der Waals surface area contributed by atoms with Gasteiger partial charge >= 0.3 is 0 Å². The number of unbranched alkanes of at least 4 members (excludes halogenated alkanes) is 2. The van der Waals surface area contributed by atoms with Crippen LogP contribution < -0.4 is 5.32 Å². The summed E-state index contributed by atoms with van der Waals surface area (Å²) in [6.45, 7) is 10.1. The van der Waals surface area contributed by atoms with Crippen LogP contribution in [0.4, 0.5) is 5.69 Å². The average Bonchev–Trinajstić information content (AvgIpc) is 2.89. The van der Waals surface area contributed by atoms with E-state index in [9.17, 15) is 9.59 Å². The maximum atomic E-state index is 12.9. The summed E-state index contributed by atoms with van der Waals surface area (Å²) in [5.41, 5.74) is 4.28. The molecule has 0 saturated carbocycles. The zero-order chi connectivity index (χ0) is 20.0. The molecule has 0 atom stereocenters. The van der Waals surface area contributed by atoms with Crippen molar-refractivity contribution in [2.45, 2.75) is 66.7 Å². The molecule has 5 heteroatoms. The van der Waals surface area contributed by atoms with E-state index in [-0.39, 0.29) is 11.8 Å². The molecule has 1 aromatic heterocycles. The van der Waals surface area contributed by atoms with Gasteiger partial charge in [-0.2, -0.15) is 5.10 Å². The fraction of sp³-hybridized carbons (Fsp3) is 0.500. The zero-order valence-electron chi connectivity index (χ0n) is 17.1. The molecular formula is C22H31N3O2. The molecule has 1 aromatic carbocycles. The van der Waals surface area contributed by atoms with Gasteiger partial charge in [0.2, 0.25) is 5.91 Å². The van der Waals surface area contributed by atoms with Crippen LogP contribution in [-0.2, 0) is 11.2 Å². The van der Waals surface area contributed by atoms with Gasteiger partial charge in [0.1, 0.15) is 0 Å². The lowest BCUT2D eigenvalue weighted by Gasteiger charge is -2.08. The summed E-state index contributed by atoms with van der Waals surface area (Å²) in [5, 5.41) is 7.33. The molecule has 0 aliphatic carbocycles. The number of hydrogen-bond acceptors (Lipinski definition) is 3. The number of anilines is 1. The second-order valence-corrected chi connectivity index (χ2v) is 7.55. The molecule has 0 radical (unpaired) electrons. The van der Waals surface area contributed by atoms with Gasteiger partial charge in [0.25, 0.3) is 5.91 Å². The molecule has 2 rings (SSSR count). The van der Waals surface area contributed by atoms with Crippen molar-refractivity contribution in [2.24, 2.45) is 5.92 Å². The number of nitrogens with zero attached hydrogens (tertiary/aromatic N) is 2. The van der Waals surface area contributed by atoms with Crippen LogP contribution in [0, 0.1) is 19.8 Å². The molecule has 1 amide bonds. The van der Waals surface area contributed by atoms with Gasteiger partial charge in [0.15, 0.2) is 0 Å². The SMILES string of the molecule is CCCCCc1c(C)nn(C(=O)c2ccc(NC(=O)CC(C)C)cc2)c1C. The first-order valence-corrected chi connectivity index (χ1v) is 9.83. The van der Waals surface area contributed by atoms with Crippen LogP contribution in [0.5, 0.6) is 0 Å². The molecule has 0 unspecified atom stereocenters. The molecule has 0 saturated heterocycles. The predicted molar refractivity (Wildman–Crippen MR) is 109 cm³/mol. The number of nitrogens with one attached hydrogen (secondary N) is 1. The van der Waals surface area contributed by atoms with Crippen LogP contribution in [0.3, 0.4) is 0 Å². The summed E-state index contributed by atoms with van der Waals surface area (Å²) in [4.78, 5) is 24.7. The van der Waals surface area contributed by atoms with E-state index < -0.39 is 0 Å². The summed E-state index contributed by atoms with van der Waals surface area (Å²) < 4.78 is 1.50. The van der Waals surface area contributed by atoms with Crippen molar-refractivity contribution < 1.29 is 9.59 Å². The molecule has 0 aliphatic rings. The first-order valence-electron chi connectivity index (χ1n) is 9.83. The summed E-state index contributed by atoms with van der Waals surface area (Å²) in [6, 6.07) is 7.00. The fourth-order valence-electron chi connectivity index (χ4n) is 3.19. The number of rotatable bonds is 8. The number of carbonyl (C=O) groups excluding carboxylic acids is 2. The molecular weight excluding hydrogens is 338 g/mol. The second-order valence-electron chi connectivity index (χ2n) is 7.55. The Hall–Kier alpha value is -2.43. The normalized spacial score (nSPS) is 11.0. The monoisotopic (exact) mass is 369 g/mol. The van der Waals surface area contributed by atoms with E-state index in [2.05, 4.69) is 17.3 Å². The topological polar surface area (TPSA) is 64.0 Å². The van der Waals surface area contributed by atoms with Crippen molar-refractivity contribution in [2.75, 3.05) is 5.32 Å². The number of aromatic nitrogens is 2. The summed E-state index contributed by atoms with van der Waals surface area (Å²) in [5.74, 6) is 0.153. The Morgan fingerprint density at radius 2 is 1.78 bits per heavy atom. The lowest BCUT2D eigenvalue weighted by molar-refractivity contribution is -0.116. The van der Waals surface area contributed by atoms with Crippen molar-refractivity contribution in [1.29, 1.82) is 0 Å². The summed E-state index contributed by atoms with van der Waals surface area (Å²) in [6.07, 6.45) is 4.91. The summed E-state index contributed by atoms with van der Waals surface area (Å²) >= 11 is 0. The molecule has 0 aliphatic heterocycles. The highest BCUT2D eigenvalue weighted by Crippen LogP contribution is 2.19. The lowest BCUT2D eigenvalue weighted by Crippen LogP contribution is -2.16. The van der Waals surface area contributed by atoms with Crippen LogP contribution in [0.2, 0.25) is 0 Å². The minimum atomic E-state index is -0.141. The van der Waals surface area contributed by atoms with Crippen LogP contribution in [0.25, 0.3) is 0 Å². The van der Waals surface area contributed by atoms with Crippen molar-refractivity contribution >= 4 is 17.5 Å². The van der Waals surface area contributed by atoms with Gasteiger partial charge in [-0.3, -0.25) is 9.59 Å². The Morgan fingerprint density at radius 1 is 1.11 bits per heavy atom. The van der Waals surface area contributed by atoms with Crippen molar-refractivity contribution in [3.8, 4) is 0 Å². The lowest BCUT2D eigenvalue weighted by atomic mass is 10.1. The zero-order valence-corrected chi connectivity index (χ0v) is 17.1. The highest BCUT2D eigenvalue weighted by Gasteiger charge is 2.17. The first kappa shape index (κ1) is 20.9. The van der Waals surface area contributed by atoms with E-state index >= 15 is 0 Å². The molecule has 5 nitrogen and oxygen atoms in total. The maximum absolute atomic E-state index is 12.9. The van der Waals surface area contributed by atoms with Crippen LogP contribution in [0.1, 0.15) is 73.8 Å². The van der Waals surface area contributed by atoms with Gasteiger partial charge in [0, 0.05) is 23.4 Å². The molecule has 0 spiro atoms. The van der Waals surface area contributed by atoms with E-state index in [0.29, 0.717) is 23.6 Å². The van der Waals surface area contributed by atoms with Gasteiger partial charge in [-0.05, 0) is 62.4 Å². The molecule has 2 aromatic rings. The van der Waals surface area contributed by atoms with Gasteiger partial charge < -0.3 is 5.32 Å². The average molecular weight is 370 g/mol. The third kappa shape index (κ3) is 5.52. The van der Waals surface area contributed by atoms with Gasteiger partial charge in [-0.15, -0.1) is 0 Å². The van der Waals surface area contributed by atoms with E-state index in [1.54, 1.807) is 24.3 Å². The molecule has 146 valence electrons. The Labute approximate surface area is 162 Å². The molecule has 1 N–H and O–H groups in total. The van der Waals surface area contributed by atoms with Crippen molar-refractivity contribution in [1.82, 2.24) is 9.78 Å². The largest absolute Gasteiger partial charge is 0.326 e.